The number of rotatable bonds is 3. The third-order valence-electron chi connectivity index (χ3n) is 2.90. The molecule has 0 saturated heterocycles. The number of benzene rings is 1. The van der Waals surface area contributed by atoms with Crippen LogP contribution in [-0.4, -0.2) is 24.5 Å². The van der Waals surface area contributed by atoms with Crippen molar-refractivity contribution in [2.45, 2.75) is 16.0 Å². The van der Waals surface area contributed by atoms with Crippen molar-refractivity contribution >= 4 is 21.5 Å². The smallest absolute Gasteiger partial charge is 0.416 e. The number of carboxylic acid groups (broad SMARTS) is 1. The molecule has 1 heterocycles. The molecular formula is C13H9F3N2O4S. The summed E-state index contributed by atoms with van der Waals surface area (Å²) in [6, 6.07) is 3.77. The molecule has 23 heavy (non-hydrogen) atoms. The number of aromatic nitrogens is 1. The molecule has 0 fully saturated rings. The van der Waals surface area contributed by atoms with Gasteiger partial charge in [0.1, 0.15) is 0 Å². The van der Waals surface area contributed by atoms with Gasteiger partial charge in [0.15, 0.2) is 5.69 Å². The van der Waals surface area contributed by atoms with E-state index in [2.05, 4.69) is 4.98 Å². The van der Waals surface area contributed by atoms with E-state index >= 15 is 0 Å². The maximum Gasteiger partial charge on any atom is 0.416 e. The summed E-state index contributed by atoms with van der Waals surface area (Å²) in [5.74, 6) is -1.43. The van der Waals surface area contributed by atoms with Crippen LogP contribution in [0.15, 0.2) is 46.3 Å². The highest BCUT2D eigenvalue weighted by Gasteiger charge is 2.31. The standard InChI is InChI=1S/C13H9F3N2O4S/c14-13(15,16)7-1-3-8(4-2-7)23(21,22)9-5-10(17)11(12(19)20)18-6-9/h1-6H,17H2,(H,19,20). The van der Waals surface area contributed by atoms with Crippen LogP contribution in [0.25, 0.3) is 0 Å². The quantitative estimate of drug-likeness (QED) is 0.882. The third kappa shape index (κ3) is 3.26. The molecule has 0 saturated carbocycles. The molecule has 1 aromatic heterocycles. The minimum atomic E-state index is -4.59. The Balaban J connectivity index is 2.46. The first kappa shape index (κ1) is 16.7. The molecule has 1 aromatic carbocycles. The fourth-order valence-electron chi connectivity index (χ4n) is 1.75. The van der Waals surface area contributed by atoms with Crippen LogP contribution in [0.1, 0.15) is 16.1 Å². The molecule has 10 heteroatoms. The van der Waals surface area contributed by atoms with Gasteiger partial charge < -0.3 is 10.8 Å². The Labute approximate surface area is 128 Å². The lowest BCUT2D eigenvalue weighted by Gasteiger charge is -2.09. The Morgan fingerprint density at radius 1 is 1.13 bits per heavy atom. The van der Waals surface area contributed by atoms with Crippen LogP contribution in [0.3, 0.4) is 0 Å². The number of aromatic carboxylic acids is 1. The summed E-state index contributed by atoms with van der Waals surface area (Å²) in [6.45, 7) is 0. The Hall–Kier alpha value is -2.62. The fraction of sp³-hybridized carbons (Fsp3) is 0.0769. The van der Waals surface area contributed by atoms with Crippen molar-refractivity contribution in [1.29, 1.82) is 0 Å². The van der Waals surface area contributed by atoms with Crippen LogP contribution in [0.4, 0.5) is 18.9 Å². The number of halogens is 3. The van der Waals surface area contributed by atoms with Crippen molar-refractivity contribution in [2.24, 2.45) is 0 Å². The number of nitrogens with two attached hydrogens (primary N) is 1. The molecule has 2 aromatic rings. The predicted molar refractivity (Wildman–Crippen MR) is 72.5 cm³/mol. The first-order valence-electron chi connectivity index (χ1n) is 5.94. The van der Waals surface area contributed by atoms with Crippen molar-refractivity contribution in [2.75, 3.05) is 5.73 Å². The monoisotopic (exact) mass is 346 g/mol. The predicted octanol–water partition coefficient (Wildman–Crippen LogP) is 2.21. The van der Waals surface area contributed by atoms with Gasteiger partial charge in [0.05, 0.1) is 21.0 Å². The number of hydrogen-bond acceptors (Lipinski definition) is 5. The van der Waals surface area contributed by atoms with Gasteiger partial charge in [-0.2, -0.15) is 13.2 Å². The Morgan fingerprint density at radius 2 is 1.70 bits per heavy atom. The minimum absolute atomic E-state index is 0.370. The van der Waals surface area contributed by atoms with Gasteiger partial charge in [0.25, 0.3) is 0 Å². The van der Waals surface area contributed by atoms with E-state index in [-0.39, 0.29) is 5.69 Å². The molecule has 0 bridgehead atoms. The molecule has 0 aliphatic carbocycles. The first-order chi connectivity index (χ1) is 10.5. The number of sulfone groups is 1. The van der Waals surface area contributed by atoms with Crippen LogP contribution in [-0.2, 0) is 16.0 Å². The molecule has 0 aliphatic heterocycles. The summed E-state index contributed by atoms with van der Waals surface area (Å²) in [6.07, 6.45) is -3.80. The van der Waals surface area contributed by atoms with Crippen molar-refractivity contribution in [1.82, 2.24) is 4.98 Å². The number of carbonyl (C=O) groups is 1. The van der Waals surface area contributed by atoms with E-state index in [1.54, 1.807) is 0 Å². The molecule has 0 amide bonds. The Kier molecular flexibility index (Phi) is 4.03. The van der Waals surface area contributed by atoms with Crippen LogP contribution in [0.2, 0.25) is 0 Å². The normalized spacial score (nSPS) is 12.1. The fourth-order valence-corrected chi connectivity index (χ4v) is 2.99. The third-order valence-corrected chi connectivity index (χ3v) is 4.63. The van der Waals surface area contributed by atoms with E-state index in [1.165, 1.54) is 0 Å². The van der Waals surface area contributed by atoms with Crippen LogP contribution in [0.5, 0.6) is 0 Å². The summed E-state index contributed by atoms with van der Waals surface area (Å²) >= 11 is 0. The van der Waals surface area contributed by atoms with E-state index in [4.69, 9.17) is 10.8 Å². The second-order valence-electron chi connectivity index (χ2n) is 4.44. The van der Waals surface area contributed by atoms with Gasteiger partial charge in [0.2, 0.25) is 9.84 Å². The van der Waals surface area contributed by atoms with Crippen molar-refractivity contribution in [3.63, 3.8) is 0 Å². The van der Waals surface area contributed by atoms with Gasteiger partial charge in [-0.3, -0.25) is 0 Å². The SMILES string of the molecule is Nc1cc(S(=O)(=O)c2ccc(C(F)(F)F)cc2)cnc1C(=O)O. The van der Waals surface area contributed by atoms with E-state index in [9.17, 15) is 26.4 Å². The molecule has 6 nitrogen and oxygen atoms in total. The molecule has 0 aliphatic rings. The average Bonchev–Trinajstić information content (AvgIpc) is 2.46. The molecule has 2 rings (SSSR count). The topological polar surface area (TPSA) is 110 Å². The van der Waals surface area contributed by atoms with Gasteiger partial charge in [-0.05, 0) is 30.3 Å². The zero-order chi connectivity index (χ0) is 17.4. The summed E-state index contributed by atoms with van der Waals surface area (Å²) in [4.78, 5) is 13.4. The van der Waals surface area contributed by atoms with Gasteiger partial charge in [-0.15, -0.1) is 0 Å². The molecule has 3 N–H and O–H groups in total. The number of carboxylic acids is 1. The van der Waals surface area contributed by atoms with Gasteiger partial charge in [-0.1, -0.05) is 0 Å². The lowest BCUT2D eigenvalue weighted by molar-refractivity contribution is -0.137. The van der Waals surface area contributed by atoms with Crippen LogP contribution < -0.4 is 5.73 Å². The molecule has 0 radical (unpaired) electrons. The summed E-state index contributed by atoms with van der Waals surface area (Å²) in [5.41, 5.74) is 3.54. The van der Waals surface area contributed by atoms with E-state index < -0.39 is 43.0 Å². The highest BCUT2D eigenvalue weighted by atomic mass is 32.2. The highest BCUT2D eigenvalue weighted by Crippen LogP contribution is 2.31. The van der Waals surface area contributed by atoms with Gasteiger partial charge in [-0.25, -0.2) is 18.2 Å². The molecule has 0 spiro atoms. The number of pyridine rings is 1. The summed E-state index contributed by atoms with van der Waals surface area (Å²) in [5, 5.41) is 8.78. The summed E-state index contributed by atoms with van der Waals surface area (Å²) in [7, 11) is -4.17. The second-order valence-corrected chi connectivity index (χ2v) is 6.39. The largest absolute Gasteiger partial charge is 0.476 e. The lowest BCUT2D eigenvalue weighted by atomic mass is 10.2. The van der Waals surface area contributed by atoms with Gasteiger partial charge >= 0.3 is 12.1 Å². The molecule has 0 unspecified atom stereocenters. The van der Waals surface area contributed by atoms with Crippen LogP contribution in [0, 0.1) is 0 Å². The summed E-state index contributed by atoms with van der Waals surface area (Å²) < 4.78 is 62.0. The Bertz CT molecular complexity index is 862. The molecule has 0 atom stereocenters. The number of nitrogen functional groups attached to an aromatic ring is 1. The van der Waals surface area contributed by atoms with Crippen LogP contribution >= 0.6 is 0 Å². The number of anilines is 1. The zero-order valence-electron chi connectivity index (χ0n) is 11.2. The highest BCUT2D eigenvalue weighted by molar-refractivity contribution is 7.91. The van der Waals surface area contributed by atoms with Crippen molar-refractivity contribution < 1.29 is 31.5 Å². The van der Waals surface area contributed by atoms with E-state index in [1.807, 2.05) is 0 Å². The number of alkyl halides is 3. The van der Waals surface area contributed by atoms with E-state index in [0.717, 1.165) is 24.4 Å². The van der Waals surface area contributed by atoms with Crippen molar-refractivity contribution in [3.8, 4) is 0 Å². The zero-order valence-corrected chi connectivity index (χ0v) is 12.0. The van der Waals surface area contributed by atoms with E-state index in [0.29, 0.717) is 12.1 Å². The molecule has 122 valence electrons. The minimum Gasteiger partial charge on any atom is -0.476 e. The molecular weight excluding hydrogens is 337 g/mol. The maximum absolute atomic E-state index is 12.5. The van der Waals surface area contributed by atoms with Crippen molar-refractivity contribution in [3.05, 3.63) is 47.8 Å². The Morgan fingerprint density at radius 3 is 2.13 bits per heavy atom. The first-order valence-corrected chi connectivity index (χ1v) is 7.43. The lowest BCUT2D eigenvalue weighted by Crippen LogP contribution is -2.10. The average molecular weight is 346 g/mol. The van der Waals surface area contributed by atoms with Gasteiger partial charge in [0, 0.05) is 6.20 Å². The second kappa shape index (κ2) is 5.54. The number of hydrogen-bond donors (Lipinski definition) is 2. The maximum atomic E-state index is 12.5. The number of nitrogens with zero attached hydrogens (tertiary/aromatic N) is 1.